The number of anilines is 2. The fraction of sp³-hybridized carbons (Fsp3) is 0.444. The van der Waals surface area contributed by atoms with Crippen LogP contribution in [0.1, 0.15) is 28.2 Å². The number of aryl methyl sites for hydroxylation is 1. The first-order chi connectivity index (χ1) is 11.7. The summed E-state index contributed by atoms with van der Waals surface area (Å²) in [6.07, 6.45) is 3.04. The number of piperazine rings is 1. The first kappa shape index (κ1) is 15.2. The third kappa shape index (κ3) is 2.89. The third-order valence-electron chi connectivity index (χ3n) is 5.02. The summed E-state index contributed by atoms with van der Waals surface area (Å²) in [5, 5.41) is 10.1. The van der Waals surface area contributed by atoms with E-state index >= 15 is 0 Å². The number of H-pyrrole nitrogens is 1. The van der Waals surface area contributed by atoms with Gasteiger partial charge in [0.15, 0.2) is 5.69 Å². The highest BCUT2D eigenvalue weighted by Gasteiger charge is 2.23. The number of aromatic nitrogens is 2. The summed E-state index contributed by atoms with van der Waals surface area (Å²) in [6.45, 7) is 4.26. The number of carbonyl (C=O) groups excluding carboxylic acids is 1. The van der Waals surface area contributed by atoms with Crippen molar-refractivity contribution in [3.8, 4) is 0 Å². The molecule has 0 radical (unpaired) electrons. The molecule has 4 rings (SSSR count). The van der Waals surface area contributed by atoms with Crippen LogP contribution in [0.15, 0.2) is 24.3 Å². The number of hydrogen-bond donors (Lipinski definition) is 2. The Morgan fingerprint density at radius 3 is 2.62 bits per heavy atom. The number of benzene rings is 1. The van der Waals surface area contributed by atoms with Crippen molar-refractivity contribution in [2.45, 2.75) is 19.3 Å². The normalized spacial score (nSPS) is 17.8. The molecule has 24 heavy (non-hydrogen) atoms. The molecule has 0 saturated carbocycles. The maximum Gasteiger partial charge on any atom is 0.276 e. The highest BCUT2D eigenvalue weighted by atomic mass is 16.1. The van der Waals surface area contributed by atoms with Crippen LogP contribution >= 0.6 is 0 Å². The van der Waals surface area contributed by atoms with Gasteiger partial charge in [0, 0.05) is 48.8 Å². The van der Waals surface area contributed by atoms with E-state index in [1.165, 1.54) is 5.69 Å². The molecule has 2 aliphatic rings. The minimum absolute atomic E-state index is 0.123. The van der Waals surface area contributed by atoms with Gasteiger partial charge < -0.3 is 15.1 Å². The van der Waals surface area contributed by atoms with Crippen molar-refractivity contribution < 1.29 is 4.79 Å². The zero-order valence-corrected chi connectivity index (χ0v) is 14.0. The van der Waals surface area contributed by atoms with Gasteiger partial charge in [0.05, 0.1) is 0 Å². The van der Waals surface area contributed by atoms with Crippen molar-refractivity contribution in [2.24, 2.45) is 0 Å². The van der Waals surface area contributed by atoms with Crippen molar-refractivity contribution in [1.29, 1.82) is 0 Å². The molecule has 0 unspecified atom stereocenters. The first-order valence-corrected chi connectivity index (χ1v) is 8.62. The summed E-state index contributed by atoms with van der Waals surface area (Å²) < 4.78 is 0. The van der Waals surface area contributed by atoms with E-state index in [0.717, 1.165) is 62.4 Å². The number of nitrogens with one attached hydrogen (secondary N) is 2. The largest absolute Gasteiger partial charge is 0.369 e. The molecule has 126 valence electrons. The molecule has 0 atom stereocenters. The number of hydrogen-bond acceptors (Lipinski definition) is 4. The second-order valence-corrected chi connectivity index (χ2v) is 6.67. The van der Waals surface area contributed by atoms with Gasteiger partial charge in [-0.2, -0.15) is 5.10 Å². The van der Waals surface area contributed by atoms with Crippen molar-refractivity contribution >= 4 is 17.3 Å². The lowest BCUT2D eigenvalue weighted by Crippen LogP contribution is -2.44. The summed E-state index contributed by atoms with van der Waals surface area (Å²) in [7, 11) is 2.15. The molecular formula is C18H23N5O. The maximum absolute atomic E-state index is 12.4. The summed E-state index contributed by atoms with van der Waals surface area (Å²) in [5.74, 6) is -0.123. The minimum atomic E-state index is -0.123. The first-order valence-electron chi connectivity index (χ1n) is 8.62. The highest BCUT2D eigenvalue weighted by Crippen LogP contribution is 2.24. The standard InChI is InChI=1S/C18H23N5O/c1-22-9-11-23(12-10-22)14-7-5-13(6-8-14)19-18(24)17-15-3-2-4-16(15)20-21-17/h5-8H,2-4,9-12H2,1H3,(H,19,24)(H,20,21). The van der Waals surface area contributed by atoms with Gasteiger partial charge in [-0.05, 0) is 50.6 Å². The van der Waals surface area contributed by atoms with Gasteiger partial charge in [0.1, 0.15) is 0 Å². The van der Waals surface area contributed by atoms with E-state index in [9.17, 15) is 4.79 Å². The van der Waals surface area contributed by atoms with Crippen LogP contribution in [-0.4, -0.2) is 54.2 Å². The summed E-state index contributed by atoms with van der Waals surface area (Å²) in [5.41, 5.74) is 4.77. The molecule has 6 nitrogen and oxygen atoms in total. The lowest BCUT2D eigenvalue weighted by atomic mass is 10.2. The van der Waals surface area contributed by atoms with Gasteiger partial charge in [-0.3, -0.25) is 9.89 Å². The van der Waals surface area contributed by atoms with Gasteiger partial charge in [0.2, 0.25) is 0 Å². The molecule has 0 bridgehead atoms. The van der Waals surface area contributed by atoms with Gasteiger partial charge in [0.25, 0.3) is 5.91 Å². The van der Waals surface area contributed by atoms with Crippen molar-refractivity contribution in [2.75, 3.05) is 43.4 Å². The van der Waals surface area contributed by atoms with Gasteiger partial charge in [-0.25, -0.2) is 0 Å². The Labute approximate surface area is 141 Å². The van der Waals surface area contributed by atoms with Crippen molar-refractivity contribution in [3.05, 3.63) is 41.2 Å². The van der Waals surface area contributed by atoms with Crippen LogP contribution in [0.25, 0.3) is 0 Å². The van der Waals surface area contributed by atoms with Crippen molar-refractivity contribution in [3.63, 3.8) is 0 Å². The fourth-order valence-electron chi connectivity index (χ4n) is 3.52. The molecule has 6 heteroatoms. The lowest BCUT2D eigenvalue weighted by molar-refractivity contribution is 0.102. The zero-order valence-electron chi connectivity index (χ0n) is 14.0. The Morgan fingerprint density at radius 2 is 1.88 bits per heavy atom. The molecule has 0 spiro atoms. The quantitative estimate of drug-likeness (QED) is 0.905. The maximum atomic E-state index is 12.4. The molecule has 1 aromatic carbocycles. The second-order valence-electron chi connectivity index (χ2n) is 6.67. The smallest absolute Gasteiger partial charge is 0.276 e. The Balaban J connectivity index is 1.42. The Hall–Kier alpha value is -2.34. The van der Waals surface area contributed by atoms with Gasteiger partial charge in [-0.15, -0.1) is 0 Å². The molecule has 2 heterocycles. The average molecular weight is 325 g/mol. The average Bonchev–Trinajstić information content (AvgIpc) is 3.19. The summed E-state index contributed by atoms with van der Waals surface area (Å²) in [4.78, 5) is 17.2. The number of aromatic amines is 1. The summed E-state index contributed by atoms with van der Waals surface area (Å²) >= 11 is 0. The van der Waals surface area contributed by atoms with Crippen LogP contribution in [0.5, 0.6) is 0 Å². The molecule has 2 N–H and O–H groups in total. The van der Waals surface area contributed by atoms with E-state index in [2.05, 4.69) is 44.5 Å². The van der Waals surface area contributed by atoms with Crippen molar-refractivity contribution in [1.82, 2.24) is 15.1 Å². The third-order valence-corrected chi connectivity index (χ3v) is 5.02. The van der Waals surface area contributed by atoms with Gasteiger partial charge in [-0.1, -0.05) is 0 Å². The Bertz CT molecular complexity index is 728. The number of nitrogens with zero attached hydrogens (tertiary/aromatic N) is 3. The Kier molecular flexibility index (Phi) is 3.98. The molecule has 1 aliphatic heterocycles. The molecule has 2 aromatic rings. The van der Waals surface area contributed by atoms with E-state index in [4.69, 9.17) is 0 Å². The highest BCUT2D eigenvalue weighted by molar-refractivity contribution is 6.04. The van der Waals surface area contributed by atoms with Gasteiger partial charge >= 0.3 is 0 Å². The van der Waals surface area contributed by atoms with E-state index < -0.39 is 0 Å². The lowest BCUT2D eigenvalue weighted by Gasteiger charge is -2.34. The monoisotopic (exact) mass is 325 g/mol. The van der Waals surface area contributed by atoms with E-state index in [1.54, 1.807) is 0 Å². The molecule has 1 fully saturated rings. The van der Waals surface area contributed by atoms with E-state index in [-0.39, 0.29) is 5.91 Å². The predicted molar refractivity (Wildman–Crippen MR) is 94.7 cm³/mol. The van der Waals surface area contributed by atoms with Crippen LogP contribution in [0.2, 0.25) is 0 Å². The molecule has 1 amide bonds. The SMILES string of the molecule is CN1CCN(c2ccc(NC(=O)c3n[nH]c4c3CCC4)cc2)CC1. The van der Waals surface area contributed by atoms with Crippen LogP contribution in [0, 0.1) is 0 Å². The molecular weight excluding hydrogens is 302 g/mol. The molecule has 1 aliphatic carbocycles. The number of fused-ring (bicyclic) bond motifs is 1. The van der Waals surface area contributed by atoms with Crippen LogP contribution < -0.4 is 10.2 Å². The topological polar surface area (TPSA) is 64.3 Å². The van der Waals surface area contributed by atoms with Crippen LogP contribution in [-0.2, 0) is 12.8 Å². The molecule has 1 saturated heterocycles. The number of rotatable bonds is 3. The second kappa shape index (κ2) is 6.28. The fourth-order valence-corrected chi connectivity index (χ4v) is 3.52. The minimum Gasteiger partial charge on any atom is -0.369 e. The zero-order chi connectivity index (χ0) is 16.5. The summed E-state index contributed by atoms with van der Waals surface area (Å²) in [6, 6.07) is 8.10. The number of amides is 1. The Morgan fingerprint density at radius 1 is 1.12 bits per heavy atom. The van der Waals surface area contributed by atoms with Crippen LogP contribution in [0.4, 0.5) is 11.4 Å². The predicted octanol–water partition coefficient (Wildman–Crippen LogP) is 1.90. The number of likely N-dealkylation sites (N-methyl/N-ethyl adjacent to an activating group) is 1. The van der Waals surface area contributed by atoms with E-state index in [0.29, 0.717) is 5.69 Å². The van der Waals surface area contributed by atoms with E-state index in [1.807, 2.05) is 12.1 Å². The van der Waals surface area contributed by atoms with Crippen LogP contribution in [0.3, 0.4) is 0 Å². The molecule has 1 aromatic heterocycles. The number of carbonyl (C=O) groups is 1.